The molecule has 6 nitrogen and oxygen atoms in total. The monoisotopic (exact) mass is 385 g/mol. The number of benzene rings is 2. The Balaban J connectivity index is 2.32. The molecule has 0 aliphatic rings. The fraction of sp³-hybridized carbons (Fsp3) is 0.300. The minimum absolute atomic E-state index is 0.284. The summed E-state index contributed by atoms with van der Waals surface area (Å²) < 4.78 is 25.5. The minimum Gasteiger partial charge on any atom is -0.324 e. The molecule has 0 saturated carbocycles. The second-order valence-electron chi connectivity index (χ2n) is 6.14. The molecule has 7 heteroatoms. The van der Waals surface area contributed by atoms with Gasteiger partial charge in [0.1, 0.15) is 6.54 Å². The Morgan fingerprint density at radius 1 is 1.11 bits per heavy atom. The predicted molar refractivity (Wildman–Crippen MR) is 107 cm³/mol. The Kier molecular flexibility index (Phi) is 6.59. The largest absolute Gasteiger partial charge is 0.324 e. The van der Waals surface area contributed by atoms with E-state index in [0.29, 0.717) is 5.56 Å². The van der Waals surface area contributed by atoms with E-state index in [1.807, 2.05) is 38.1 Å². The van der Waals surface area contributed by atoms with Crippen LogP contribution in [-0.2, 0) is 27.7 Å². The van der Waals surface area contributed by atoms with Crippen LogP contribution in [0.2, 0.25) is 0 Å². The van der Waals surface area contributed by atoms with Gasteiger partial charge < -0.3 is 5.32 Å². The maximum Gasteiger partial charge on any atom is 0.245 e. The van der Waals surface area contributed by atoms with Gasteiger partial charge in [-0.1, -0.05) is 38.1 Å². The number of hydrogen-bond acceptors (Lipinski definition) is 4. The summed E-state index contributed by atoms with van der Waals surface area (Å²) in [5.74, 6) is -0.432. The molecule has 27 heavy (non-hydrogen) atoms. The average Bonchev–Trinajstić information content (AvgIpc) is 2.65. The first-order valence-corrected chi connectivity index (χ1v) is 10.5. The van der Waals surface area contributed by atoms with E-state index < -0.39 is 15.9 Å². The molecule has 2 aromatic carbocycles. The molecular formula is C20H23N3O3S. The van der Waals surface area contributed by atoms with Gasteiger partial charge in [0.25, 0.3) is 0 Å². The number of nitriles is 1. The second-order valence-corrected chi connectivity index (χ2v) is 8.05. The zero-order valence-corrected chi connectivity index (χ0v) is 16.5. The predicted octanol–water partition coefficient (Wildman–Crippen LogP) is 3.09. The van der Waals surface area contributed by atoms with Crippen molar-refractivity contribution in [3.05, 3.63) is 59.2 Å². The van der Waals surface area contributed by atoms with Gasteiger partial charge in [0, 0.05) is 5.69 Å². The fourth-order valence-corrected chi connectivity index (χ4v) is 3.69. The third-order valence-electron chi connectivity index (χ3n) is 4.21. The summed E-state index contributed by atoms with van der Waals surface area (Å²) >= 11 is 0. The first-order valence-electron chi connectivity index (χ1n) is 8.68. The van der Waals surface area contributed by atoms with E-state index in [9.17, 15) is 13.2 Å². The molecule has 0 heterocycles. The van der Waals surface area contributed by atoms with E-state index in [0.717, 1.165) is 40.2 Å². The Bertz CT molecular complexity index is 956. The lowest BCUT2D eigenvalue weighted by Crippen LogP contribution is -2.37. The normalized spacial score (nSPS) is 10.9. The summed E-state index contributed by atoms with van der Waals surface area (Å²) in [6.07, 6.45) is 2.55. The number of hydrogen-bond donors (Lipinski definition) is 1. The van der Waals surface area contributed by atoms with E-state index >= 15 is 0 Å². The summed E-state index contributed by atoms with van der Waals surface area (Å²) in [6, 6.07) is 14.0. The highest BCUT2D eigenvalue weighted by Gasteiger charge is 2.22. The summed E-state index contributed by atoms with van der Waals surface area (Å²) in [4.78, 5) is 12.7. The Morgan fingerprint density at radius 3 is 2.22 bits per heavy atom. The molecule has 142 valence electrons. The lowest BCUT2D eigenvalue weighted by Gasteiger charge is -2.23. The first kappa shape index (κ1) is 20.5. The van der Waals surface area contributed by atoms with Crippen LogP contribution in [-0.4, -0.2) is 27.1 Å². The number of sulfonamides is 1. The number of carbonyl (C=O) groups is 1. The lowest BCUT2D eigenvalue weighted by atomic mass is 10.0. The van der Waals surface area contributed by atoms with Crippen LogP contribution in [0.3, 0.4) is 0 Å². The van der Waals surface area contributed by atoms with Gasteiger partial charge in [0.2, 0.25) is 15.9 Å². The summed E-state index contributed by atoms with van der Waals surface area (Å²) in [7, 11) is -3.70. The minimum atomic E-state index is -3.70. The number of anilines is 2. The molecule has 0 aliphatic heterocycles. The van der Waals surface area contributed by atoms with Gasteiger partial charge in [-0.15, -0.1) is 0 Å². The third-order valence-corrected chi connectivity index (χ3v) is 5.35. The molecule has 1 N–H and O–H groups in total. The van der Waals surface area contributed by atoms with Gasteiger partial charge in [0.15, 0.2) is 0 Å². The summed E-state index contributed by atoms with van der Waals surface area (Å²) in [6.45, 7) is 3.64. The molecule has 1 amide bonds. The number of carbonyl (C=O) groups excluding carboxylic acids is 1. The van der Waals surface area contributed by atoms with E-state index in [2.05, 4.69) is 5.32 Å². The maximum absolute atomic E-state index is 12.7. The van der Waals surface area contributed by atoms with Crippen LogP contribution in [0.4, 0.5) is 11.4 Å². The van der Waals surface area contributed by atoms with Crippen LogP contribution >= 0.6 is 0 Å². The van der Waals surface area contributed by atoms with Gasteiger partial charge in [-0.2, -0.15) is 5.26 Å². The van der Waals surface area contributed by atoms with Crippen LogP contribution < -0.4 is 9.62 Å². The molecule has 2 aromatic rings. The van der Waals surface area contributed by atoms with Gasteiger partial charge in [0.05, 0.1) is 23.6 Å². The van der Waals surface area contributed by atoms with Crippen LogP contribution in [0.15, 0.2) is 42.5 Å². The topological polar surface area (TPSA) is 90.3 Å². The average molecular weight is 385 g/mol. The van der Waals surface area contributed by atoms with Crippen molar-refractivity contribution in [2.45, 2.75) is 26.7 Å². The smallest absolute Gasteiger partial charge is 0.245 e. The molecule has 0 saturated heterocycles. The van der Waals surface area contributed by atoms with E-state index in [4.69, 9.17) is 5.26 Å². The standard InChI is InChI=1S/C20H23N3O3S/c1-4-16-9-7-10-17(5-2)20(16)22-19(24)14-23(27(3,25)26)18-11-6-8-15(12-18)13-21/h6-12H,4-5,14H2,1-3H3,(H,22,24). The molecule has 0 unspecified atom stereocenters. The number of rotatable bonds is 7. The van der Waals surface area contributed by atoms with Gasteiger partial charge in [-0.05, 0) is 42.2 Å². The Labute approximate surface area is 160 Å². The van der Waals surface area contributed by atoms with Crippen molar-refractivity contribution in [3.8, 4) is 6.07 Å². The van der Waals surface area contributed by atoms with Crippen LogP contribution in [0.5, 0.6) is 0 Å². The number of amides is 1. The highest BCUT2D eigenvalue weighted by molar-refractivity contribution is 7.92. The Hall–Kier alpha value is -2.85. The van der Waals surface area contributed by atoms with E-state index in [1.165, 1.54) is 6.07 Å². The number of para-hydroxylation sites is 1. The second kappa shape index (κ2) is 8.69. The van der Waals surface area contributed by atoms with Crippen molar-refractivity contribution >= 4 is 27.3 Å². The fourth-order valence-electron chi connectivity index (χ4n) is 2.84. The number of nitrogens with zero attached hydrogens (tertiary/aromatic N) is 2. The SMILES string of the molecule is CCc1cccc(CC)c1NC(=O)CN(c1cccc(C#N)c1)S(C)(=O)=O. The van der Waals surface area contributed by atoms with Crippen LogP contribution in [0.1, 0.15) is 30.5 Å². The van der Waals surface area contributed by atoms with Gasteiger partial charge in [-0.3, -0.25) is 9.10 Å². The zero-order chi connectivity index (χ0) is 20.0. The maximum atomic E-state index is 12.7. The summed E-state index contributed by atoms with van der Waals surface area (Å²) in [5.41, 5.74) is 3.35. The van der Waals surface area contributed by atoms with Crippen molar-refractivity contribution in [1.82, 2.24) is 0 Å². The number of nitrogens with one attached hydrogen (secondary N) is 1. The van der Waals surface area contributed by atoms with Gasteiger partial charge in [-0.25, -0.2) is 8.42 Å². The van der Waals surface area contributed by atoms with Crippen LogP contribution in [0.25, 0.3) is 0 Å². The van der Waals surface area contributed by atoms with Crippen molar-refractivity contribution in [2.24, 2.45) is 0 Å². The molecule has 0 bridgehead atoms. The zero-order valence-electron chi connectivity index (χ0n) is 15.7. The quantitative estimate of drug-likeness (QED) is 0.793. The number of aryl methyl sites for hydroxylation is 2. The molecule has 0 atom stereocenters. The first-order chi connectivity index (χ1) is 12.8. The molecule has 0 spiro atoms. The highest BCUT2D eigenvalue weighted by atomic mass is 32.2. The molecule has 0 aromatic heterocycles. The molecule has 0 fully saturated rings. The van der Waals surface area contributed by atoms with Crippen molar-refractivity contribution in [1.29, 1.82) is 5.26 Å². The summed E-state index contributed by atoms with van der Waals surface area (Å²) in [5, 5.41) is 11.9. The lowest BCUT2D eigenvalue weighted by molar-refractivity contribution is -0.114. The third kappa shape index (κ3) is 5.08. The van der Waals surface area contributed by atoms with Crippen molar-refractivity contribution < 1.29 is 13.2 Å². The van der Waals surface area contributed by atoms with Crippen LogP contribution in [0, 0.1) is 11.3 Å². The highest BCUT2D eigenvalue weighted by Crippen LogP contribution is 2.23. The molecular weight excluding hydrogens is 362 g/mol. The molecule has 0 aliphatic carbocycles. The van der Waals surface area contributed by atoms with Crippen molar-refractivity contribution in [2.75, 3.05) is 22.4 Å². The van der Waals surface area contributed by atoms with Gasteiger partial charge >= 0.3 is 0 Å². The molecule has 0 radical (unpaired) electrons. The molecule has 2 rings (SSSR count). The van der Waals surface area contributed by atoms with E-state index in [1.54, 1.807) is 18.2 Å². The Morgan fingerprint density at radius 2 is 1.70 bits per heavy atom. The van der Waals surface area contributed by atoms with Crippen molar-refractivity contribution in [3.63, 3.8) is 0 Å². The van der Waals surface area contributed by atoms with E-state index in [-0.39, 0.29) is 12.2 Å².